The number of imidazole rings is 1. The highest BCUT2D eigenvalue weighted by Gasteiger charge is 2.51. The number of aromatic nitrogens is 4. The predicted octanol–water partition coefficient (Wildman–Crippen LogP) is 1.65. The van der Waals surface area contributed by atoms with Gasteiger partial charge in [0.15, 0.2) is 22.6 Å². The summed E-state index contributed by atoms with van der Waals surface area (Å²) in [6, 6.07) is 0. The molecule has 26 heavy (non-hydrogen) atoms. The molecular formula is C18H24N4O4. The Morgan fingerprint density at radius 2 is 1.77 bits per heavy atom. The van der Waals surface area contributed by atoms with Gasteiger partial charge in [0.05, 0.1) is 5.92 Å². The number of carbonyl (C=O) groups excluding carboxylic acids is 1. The molecule has 0 radical (unpaired) electrons. The maximum atomic E-state index is 12.6. The van der Waals surface area contributed by atoms with E-state index >= 15 is 0 Å². The van der Waals surface area contributed by atoms with E-state index in [1.807, 2.05) is 18.4 Å². The second kappa shape index (κ2) is 6.10. The lowest BCUT2D eigenvalue weighted by atomic mass is 9.75. The van der Waals surface area contributed by atoms with Gasteiger partial charge in [-0.05, 0) is 38.5 Å². The first-order chi connectivity index (χ1) is 12.5. The number of esters is 1. The van der Waals surface area contributed by atoms with Crippen molar-refractivity contribution in [1.29, 1.82) is 0 Å². The molecule has 1 N–H and O–H groups in total. The minimum atomic E-state index is -0.778. The van der Waals surface area contributed by atoms with E-state index in [4.69, 9.17) is 9.72 Å². The Hall–Kier alpha value is -2.38. The number of nitrogens with zero attached hydrogens (tertiary/aromatic N) is 3. The Morgan fingerprint density at radius 3 is 2.38 bits per heavy atom. The average Bonchev–Trinajstić information content (AvgIpc) is 3.00. The topological polar surface area (TPSA) is 99.0 Å². The van der Waals surface area contributed by atoms with Gasteiger partial charge in [0.25, 0.3) is 5.56 Å². The molecule has 2 aliphatic heterocycles. The quantitative estimate of drug-likeness (QED) is 0.818. The molecule has 8 heteroatoms. The van der Waals surface area contributed by atoms with Crippen molar-refractivity contribution in [2.75, 3.05) is 0 Å². The fourth-order valence-electron chi connectivity index (χ4n) is 4.36. The monoisotopic (exact) mass is 360 g/mol. The highest BCUT2D eigenvalue weighted by Crippen LogP contribution is 2.48. The standard InChI is InChI=1S/C18H24N4O4/c1-3-9-21-12-13(22(10-4-2)17(25)20-14(12)23)19-16(21)18-7-5-11(6-8-18)15(24)26-18/h11H,3-10H2,1-2H3,(H,20,23,25). The lowest BCUT2D eigenvalue weighted by Crippen LogP contribution is -2.47. The molecule has 8 nitrogen and oxygen atoms in total. The zero-order valence-electron chi connectivity index (χ0n) is 15.2. The van der Waals surface area contributed by atoms with Gasteiger partial charge in [-0.1, -0.05) is 13.8 Å². The number of ether oxygens (including phenoxy) is 1. The molecule has 0 atom stereocenters. The van der Waals surface area contributed by atoms with Crippen LogP contribution in [0.3, 0.4) is 0 Å². The molecule has 140 valence electrons. The zero-order valence-corrected chi connectivity index (χ0v) is 15.2. The molecule has 1 saturated carbocycles. The summed E-state index contributed by atoms with van der Waals surface area (Å²) in [5.41, 5.74) is -0.870. The van der Waals surface area contributed by atoms with Gasteiger partial charge in [-0.15, -0.1) is 0 Å². The number of aryl methyl sites for hydroxylation is 2. The van der Waals surface area contributed by atoms with Crippen LogP contribution < -0.4 is 11.2 Å². The third-order valence-electron chi connectivity index (χ3n) is 5.61. The Kier molecular flexibility index (Phi) is 4.00. The van der Waals surface area contributed by atoms with E-state index in [0.29, 0.717) is 42.9 Å². The Labute approximate surface area is 150 Å². The molecule has 3 fully saturated rings. The van der Waals surface area contributed by atoms with Gasteiger partial charge in [0.1, 0.15) is 0 Å². The molecular weight excluding hydrogens is 336 g/mol. The first-order valence-corrected chi connectivity index (χ1v) is 9.47. The molecule has 2 aromatic heterocycles. The third kappa shape index (κ3) is 2.34. The van der Waals surface area contributed by atoms with E-state index in [1.165, 1.54) is 4.57 Å². The predicted molar refractivity (Wildman–Crippen MR) is 94.9 cm³/mol. The van der Waals surface area contributed by atoms with E-state index in [0.717, 1.165) is 25.7 Å². The highest BCUT2D eigenvalue weighted by molar-refractivity contribution is 5.76. The van der Waals surface area contributed by atoms with Crippen LogP contribution >= 0.6 is 0 Å². The van der Waals surface area contributed by atoms with Gasteiger partial charge in [-0.3, -0.25) is 19.1 Å². The number of hydrogen-bond donors (Lipinski definition) is 1. The third-order valence-corrected chi connectivity index (χ3v) is 5.61. The van der Waals surface area contributed by atoms with Crippen molar-refractivity contribution in [1.82, 2.24) is 19.1 Å². The minimum absolute atomic E-state index is 0.0115. The molecule has 5 rings (SSSR count). The molecule has 2 saturated heterocycles. The lowest BCUT2D eigenvalue weighted by Gasteiger charge is -2.44. The van der Waals surface area contributed by atoms with Gasteiger partial charge in [0.2, 0.25) is 0 Å². The molecule has 0 unspecified atom stereocenters. The molecule has 0 aromatic carbocycles. The van der Waals surface area contributed by atoms with Crippen molar-refractivity contribution >= 4 is 17.1 Å². The summed E-state index contributed by atoms with van der Waals surface area (Å²) in [6.07, 6.45) is 4.55. The van der Waals surface area contributed by atoms with E-state index in [9.17, 15) is 14.4 Å². The summed E-state index contributed by atoms with van der Waals surface area (Å²) < 4.78 is 9.20. The van der Waals surface area contributed by atoms with Crippen LogP contribution in [-0.2, 0) is 28.2 Å². The maximum absolute atomic E-state index is 12.6. The molecule has 2 bridgehead atoms. The fraction of sp³-hybridized carbons (Fsp3) is 0.667. The normalized spacial score (nSPS) is 25.0. The van der Waals surface area contributed by atoms with E-state index < -0.39 is 16.9 Å². The van der Waals surface area contributed by atoms with E-state index in [1.54, 1.807) is 0 Å². The summed E-state index contributed by atoms with van der Waals surface area (Å²) >= 11 is 0. The Morgan fingerprint density at radius 1 is 1.12 bits per heavy atom. The Balaban J connectivity index is 2.00. The highest BCUT2D eigenvalue weighted by atomic mass is 16.6. The van der Waals surface area contributed by atoms with Crippen LogP contribution in [0.4, 0.5) is 0 Å². The number of aromatic amines is 1. The summed E-state index contributed by atoms with van der Waals surface area (Å²) in [6.45, 7) is 5.05. The average molecular weight is 360 g/mol. The molecule has 4 heterocycles. The second-order valence-corrected chi connectivity index (χ2v) is 7.36. The molecule has 1 aliphatic carbocycles. The number of rotatable bonds is 5. The summed E-state index contributed by atoms with van der Waals surface area (Å²) in [7, 11) is 0. The number of nitrogens with one attached hydrogen (secondary N) is 1. The Bertz CT molecular complexity index is 975. The number of carbonyl (C=O) groups is 1. The van der Waals surface area contributed by atoms with Gasteiger partial charge in [-0.2, -0.15) is 0 Å². The van der Waals surface area contributed by atoms with Crippen LogP contribution in [0.2, 0.25) is 0 Å². The minimum Gasteiger partial charge on any atom is -0.451 e. The molecule has 0 amide bonds. The summed E-state index contributed by atoms with van der Waals surface area (Å²) in [4.78, 5) is 44.2. The smallest absolute Gasteiger partial charge is 0.330 e. The van der Waals surface area contributed by atoms with Crippen molar-refractivity contribution in [3.63, 3.8) is 0 Å². The number of hydrogen-bond acceptors (Lipinski definition) is 5. The zero-order chi connectivity index (χ0) is 18.5. The molecule has 2 aromatic rings. The van der Waals surface area contributed by atoms with Crippen LogP contribution in [0.5, 0.6) is 0 Å². The summed E-state index contributed by atoms with van der Waals surface area (Å²) in [5, 5.41) is 0. The van der Waals surface area contributed by atoms with Crippen molar-refractivity contribution in [2.45, 2.75) is 71.1 Å². The van der Waals surface area contributed by atoms with Crippen LogP contribution in [0.15, 0.2) is 9.59 Å². The number of H-pyrrole nitrogens is 1. The van der Waals surface area contributed by atoms with Gasteiger partial charge in [0, 0.05) is 13.1 Å². The second-order valence-electron chi connectivity index (χ2n) is 7.36. The molecule has 0 spiro atoms. The van der Waals surface area contributed by atoms with E-state index in [2.05, 4.69) is 4.98 Å². The van der Waals surface area contributed by atoms with Crippen molar-refractivity contribution in [3.8, 4) is 0 Å². The van der Waals surface area contributed by atoms with Crippen molar-refractivity contribution in [2.24, 2.45) is 5.92 Å². The summed E-state index contributed by atoms with van der Waals surface area (Å²) in [5.74, 6) is 0.432. The van der Waals surface area contributed by atoms with Gasteiger partial charge in [-0.25, -0.2) is 9.78 Å². The van der Waals surface area contributed by atoms with Crippen LogP contribution in [0, 0.1) is 5.92 Å². The van der Waals surface area contributed by atoms with Crippen molar-refractivity contribution in [3.05, 3.63) is 26.7 Å². The number of fused-ring (bicyclic) bond motifs is 4. The molecule has 3 aliphatic rings. The van der Waals surface area contributed by atoms with Crippen LogP contribution in [0.25, 0.3) is 11.2 Å². The lowest BCUT2D eigenvalue weighted by molar-refractivity contribution is -0.192. The van der Waals surface area contributed by atoms with Crippen LogP contribution in [0.1, 0.15) is 58.2 Å². The largest absolute Gasteiger partial charge is 0.451 e. The van der Waals surface area contributed by atoms with Gasteiger partial charge < -0.3 is 9.30 Å². The van der Waals surface area contributed by atoms with Crippen LogP contribution in [-0.4, -0.2) is 25.1 Å². The first kappa shape index (κ1) is 17.1. The SMILES string of the molecule is CCCn1c(C23CCC(CC2)C(=O)O3)nc2c1c(=O)[nH]c(=O)n2CCC. The van der Waals surface area contributed by atoms with E-state index in [-0.39, 0.29) is 11.9 Å². The van der Waals surface area contributed by atoms with Crippen molar-refractivity contribution < 1.29 is 9.53 Å². The fourth-order valence-corrected chi connectivity index (χ4v) is 4.36. The van der Waals surface area contributed by atoms with Gasteiger partial charge >= 0.3 is 11.7 Å². The first-order valence-electron chi connectivity index (χ1n) is 9.47. The maximum Gasteiger partial charge on any atom is 0.330 e.